The van der Waals surface area contributed by atoms with Crippen molar-refractivity contribution >= 4 is 29.1 Å². The maximum Gasteiger partial charge on any atom is 0.319 e. The Morgan fingerprint density at radius 3 is 2.45 bits per heavy atom. The molecule has 160 valence electrons. The minimum atomic E-state index is -0.435. The molecular weight excluding hydrogens is 397 g/mol. The van der Waals surface area contributed by atoms with Gasteiger partial charge in [-0.25, -0.2) is 14.2 Å². The van der Waals surface area contributed by atoms with E-state index in [1.165, 1.54) is 12.3 Å². The lowest BCUT2D eigenvalue weighted by molar-refractivity contribution is 0.0951. The van der Waals surface area contributed by atoms with E-state index in [9.17, 15) is 14.0 Å². The molecule has 4 N–H and O–H groups in total. The van der Waals surface area contributed by atoms with Crippen molar-refractivity contribution in [2.24, 2.45) is 0 Å². The van der Waals surface area contributed by atoms with Crippen molar-refractivity contribution in [1.29, 1.82) is 0 Å². The van der Waals surface area contributed by atoms with Gasteiger partial charge in [0.1, 0.15) is 11.6 Å². The number of halogens is 1. The van der Waals surface area contributed by atoms with Crippen molar-refractivity contribution in [2.45, 2.75) is 26.4 Å². The quantitative estimate of drug-likeness (QED) is 0.454. The van der Waals surface area contributed by atoms with E-state index in [0.29, 0.717) is 11.3 Å². The van der Waals surface area contributed by atoms with Gasteiger partial charge < -0.3 is 21.3 Å². The monoisotopic (exact) mass is 421 g/mol. The van der Waals surface area contributed by atoms with Crippen molar-refractivity contribution in [1.82, 2.24) is 15.6 Å². The van der Waals surface area contributed by atoms with Crippen molar-refractivity contribution < 1.29 is 14.0 Å². The number of para-hydroxylation sites is 1. The Labute approximate surface area is 180 Å². The molecule has 0 atom stereocenters. The van der Waals surface area contributed by atoms with Crippen molar-refractivity contribution in [3.8, 4) is 0 Å². The topological polar surface area (TPSA) is 95.2 Å². The number of benzene rings is 2. The summed E-state index contributed by atoms with van der Waals surface area (Å²) in [6.45, 7) is 4.04. The Morgan fingerprint density at radius 1 is 1.00 bits per heavy atom. The first-order valence-electron chi connectivity index (χ1n) is 9.83. The van der Waals surface area contributed by atoms with Crippen LogP contribution in [0.15, 0.2) is 66.9 Å². The van der Waals surface area contributed by atoms with Gasteiger partial charge in [-0.3, -0.25) is 4.79 Å². The smallest absolute Gasteiger partial charge is 0.319 e. The zero-order valence-corrected chi connectivity index (χ0v) is 17.3. The standard InChI is InChI=1S/C23H24FN5O2/c1-15(2)27-23(31)28-17-11-9-16(10-12-17)14-26-22(30)18-6-5-13-25-21(18)29-20-8-4-3-7-19(20)24/h3-13,15H,14H2,1-2H3,(H,25,29)(H,26,30)(H2,27,28,31). The number of hydrogen-bond acceptors (Lipinski definition) is 4. The van der Waals surface area contributed by atoms with Gasteiger partial charge in [-0.2, -0.15) is 0 Å². The molecule has 0 aliphatic rings. The molecule has 7 nitrogen and oxygen atoms in total. The first-order valence-corrected chi connectivity index (χ1v) is 9.83. The highest BCUT2D eigenvalue weighted by Crippen LogP contribution is 2.21. The summed E-state index contributed by atoms with van der Waals surface area (Å²) in [5.41, 5.74) is 2.04. The summed E-state index contributed by atoms with van der Waals surface area (Å²) < 4.78 is 13.9. The van der Waals surface area contributed by atoms with Gasteiger partial charge in [0.15, 0.2) is 0 Å². The second-order valence-electron chi connectivity index (χ2n) is 7.14. The number of amides is 3. The van der Waals surface area contributed by atoms with E-state index >= 15 is 0 Å². The fourth-order valence-corrected chi connectivity index (χ4v) is 2.79. The van der Waals surface area contributed by atoms with Crippen LogP contribution in [0, 0.1) is 5.82 Å². The normalized spacial score (nSPS) is 10.5. The minimum absolute atomic E-state index is 0.0414. The van der Waals surface area contributed by atoms with E-state index in [1.54, 1.807) is 42.5 Å². The lowest BCUT2D eigenvalue weighted by Gasteiger charge is -2.12. The third-order valence-corrected chi connectivity index (χ3v) is 4.26. The molecule has 8 heteroatoms. The van der Waals surface area contributed by atoms with Crippen LogP contribution in [0.25, 0.3) is 0 Å². The highest BCUT2D eigenvalue weighted by atomic mass is 19.1. The Kier molecular flexibility index (Phi) is 7.16. The lowest BCUT2D eigenvalue weighted by Crippen LogP contribution is -2.34. The fraction of sp³-hybridized carbons (Fsp3) is 0.174. The molecule has 3 amide bonds. The molecule has 1 aromatic heterocycles. The van der Waals surface area contributed by atoms with E-state index in [-0.39, 0.29) is 36.0 Å². The predicted molar refractivity (Wildman–Crippen MR) is 119 cm³/mol. The average Bonchev–Trinajstić information content (AvgIpc) is 2.74. The summed E-state index contributed by atoms with van der Waals surface area (Å²) in [6.07, 6.45) is 1.53. The Balaban J connectivity index is 1.61. The molecule has 0 aliphatic carbocycles. The number of carbonyl (C=O) groups is 2. The Morgan fingerprint density at radius 2 is 1.74 bits per heavy atom. The highest BCUT2D eigenvalue weighted by molar-refractivity contribution is 5.99. The molecular formula is C23H24FN5O2. The first-order chi connectivity index (χ1) is 14.9. The molecule has 0 aliphatic heterocycles. The largest absolute Gasteiger partial charge is 0.348 e. The number of hydrogen-bond donors (Lipinski definition) is 4. The van der Waals surface area contributed by atoms with Gasteiger partial charge in [-0.05, 0) is 55.8 Å². The second kappa shape index (κ2) is 10.2. The van der Waals surface area contributed by atoms with Crippen molar-refractivity contribution in [3.63, 3.8) is 0 Å². The van der Waals surface area contributed by atoms with E-state index in [0.717, 1.165) is 5.56 Å². The van der Waals surface area contributed by atoms with Gasteiger partial charge in [0.2, 0.25) is 0 Å². The van der Waals surface area contributed by atoms with Crippen molar-refractivity contribution in [2.75, 3.05) is 10.6 Å². The lowest BCUT2D eigenvalue weighted by atomic mass is 10.2. The number of aromatic nitrogens is 1. The maximum atomic E-state index is 13.9. The van der Waals surface area contributed by atoms with Crippen LogP contribution in [0.2, 0.25) is 0 Å². The van der Waals surface area contributed by atoms with Crippen LogP contribution in [0.5, 0.6) is 0 Å². The zero-order chi connectivity index (χ0) is 22.2. The second-order valence-corrected chi connectivity index (χ2v) is 7.14. The molecule has 0 spiro atoms. The molecule has 31 heavy (non-hydrogen) atoms. The SMILES string of the molecule is CC(C)NC(=O)Nc1ccc(CNC(=O)c2cccnc2Nc2ccccc2F)cc1. The third kappa shape index (κ3) is 6.27. The molecule has 0 radical (unpaired) electrons. The van der Waals surface area contributed by atoms with Crippen LogP contribution in [0.3, 0.4) is 0 Å². The first kappa shape index (κ1) is 21.8. The summed E-state index contributed by atoms with van der Waals surface area (Å²) in [5, 5.41) is 11.2. The Hall–Kier alpha value is -3.94. The number of anilines is 3. The third-order valence-electron chi connectivity index (χ3n) is 4.26. The van der Waals surface area contributed by atoms with E-state index in [4.69, 9.17) is 0 Å². The van der Waals surface area contributed by atoms with Crippen molar-refractivity contribution in [3.05, 3.63) is 83.8 Å². The summed E-state index contributed by atoms with van der Waals surface area (Å²) in [5.74, 6) is -0.512. The molecule has 0 bridgehead atoms. The highest BCUT2D eigenvalue weighted by Gasteiger charge is 2.13. The predicted octanol–water partition coefficient (Wildman–Crippen LogP) is 4.42. The van der Waals surface area contributed by atoms with E-state index in [2.05, 4.69) is 26.3 Å². The number of carbonyl (C=O) groups excluding carboxylic acids is 2. The van der Waals surface area contributed by atoms with Crippen LogP contribution in [-0.4, -0.2) is 23.0 Å². The van der Waals surface area contributed by atoms with Gasteiger partial charge in [0.25, 0.3) is 5.91 Å². The molecule has 0 saturated carbocycles. The molecule has 2 aromatic carbocycles. The van der Waals surface area contributed by atoms with Gasteiger partial charge in [0, 0.05) is 24.5 Å². The molecule has 3 aromatic rings. The van der Waals surface area contributed by atoms with E-state index in [1.807, 2.05) is 26.0 Å². The van der Waals surface area contributed by atoms with Crippen LogP contribution in [0.1, 0.15) is 29.8 Å². The number of rotatable bonds is 7. The van der Waals surface area contributed by atoms with Crippen LogP contribution in [0.4, 0.5) is 26.4 Å². The summed E-state index contributed by atoms with van der Waals surface area (Å²) in [4.78, 5) is 28.6. The fourth-order valence-electron chi connectivity index (χ4n) is 2.79. The van der Waals surface area contributed by atoms with Gasteiger partial charge in [-0.1, -0.05) is 24.3 Å². The van der Waals surface area contributed by atoms with Gasteiger partial charge >= 0.3 is 6.03 Å². The average molecular weight is 421 g/mol. The molecule has 0 saturated heterocycles. The molecule has 0 unspecified atom stereocenters. The number of urea groups is 1. The van der Waals surface area contributed by atoms with Gasteiger partial charge in [-0.15, -0.1) is 0 Å². The van der Waals surface area contributed by atoms with Crippen LogP contribution >= 0.6 is 0 Å². The maximum absolute atomic E-state index is 13.9. The summed E-state index contributed by atoms with van der Waals surface area (Å²) in [6, 6.07) is 16.4. The van der Waals surface area contributed by atoms with Crippen LogP contribution < -0.4 is 21.3 Å². The Bertz CT molecular complexity index is 1050. The van der Waals surface area contributed by atoms with Gasteiger partial charge in [0.05, 0.1) is 11.3 Å². The minimum Gasteiger partial charge on any atom is -0.348 e. The molecule has 0 fully saturated rings. The zero-order valence-electron chi connectivity index (χ0n) is 17.3. The number of pyridine rings is 1. The molecule has 1 heterocycles. The number of nitrogens with one attached hydrogen (secondary N) is 4. The summed E-state index contributed by atoms with van der Waals surface area (Å²) >= 11 is 0. The summed E-state index contributed by atoms with van der Waals surface area (Å²) in [7, 11) is 0. The molecule has 3 rings (SSSR count). The number of nitrogens with zero attached hydrogens (tertiary/aromatic N) is 1. The van der Waals surface area contributed by atoms with Crippen LogP contribution in [-0.2, 0) is 6.54 Å². The van der Waals surface area contributed by atoms with E-state index < -0.39 is 5.82 Å².